The van der Waals surface area contributed by atoms with Crippen molar-refractivity contribution in [3.05, 3.63) is 95.6 Å². The van der Waals surface area contributed by atoms with Gasteiger partial charge in [-0.3, -0.25) is 9.59 Å². The number of amides is 2. The largest absolute Gasteiger partial charge is 0.335 e. The number of halogens is 1. The predicted molar refractivity (Wildman–Crippen MR) is 130 cm³/mol. The zero-order valence-corrected chi connectivity index (χ0v) is 19.2. The van der Waals surface area contributed by atoms with Crippen molar-refractivity contribution in [3.63, 3.8) is 0 Å². The van der Waals surface area contributed by atoms with E-state index in [1.807, 2.05) is 48.5 Å². The number of rotatable bonds is 5. The second kappa shape index (κ2) is 9.39. The average molecular weight is 458 g/mol. The van der Waals surface area contributed by atoms with E-state index in [-0.39, 0.29) is 24.4 Å². The minimum absolute atomic E-state index is 0.0158. The van der Waals surface area contributed by atoms with E-state index in [9.17, 15) is 14.0 Å². The van der Waals surface area contributed by atoms with Crippen molar-refractivity contribution in [2.45, 2.75) is 25.2 Å². The molecule has 0 aliphatic carbocycles. The molecule has 2 unspecified atom stereocenters. The van der Waals surface area contributed by atoms with Gasteiger partial charge in [0.25, 0.3) is 11.8 Å². The Balaban J connectivity index is 1.13. The Morgan fingerprint density at radius 3 is 2.09 bits per heavy atom. The van der Waals surface area contributed by atoms with Crippen LogP contribution in [0.3, 0.4) is 0 Å². The molecule has 3 aromatic carbocycles. The SMILES string of the molecule is Cc1cccc(-c2ccc(C(=O)N3CC(NC4CN(C(=O)c5ccccc5)CC4F)C3)cc2)c1. The first-order valence-electron chi connectivity index (χ1n) is 11.7. The number of alkyl halides is 1. The van der Waals surface area contributed by atoms with Gasteiger partial charge in [0.2, 0.25) is 0 Å². The number of nitrogens with one attached hydrogen (secondary N) is 1. The van der Waals surface area contributed by atoms with Gasteiger partial charge in [0.05, 0.1) is 12.6 Å². The average Bonchev–Trinajstić information content (AvgIpc) is 3.21. The van der Waals surface area contributed by atoms with Crippen LogP contribution < -0.4 is 5.32 Å². The number of nitrogens with zero attached hydrogens (tertiary/aromatic N) is 2. The zero-order valence-electron chi connectivity index (χ0n) is 19.2. The van der Waals surface area contributed by atoms with Gasteiger partial charge in [-0.2, -0.15) is 0 Å². The molecule has 2 heterocycles. The van der Waals surface area contributed by atoms with Gasteiger partial charge in [-0.05, 0) is 42.3 Å². The molecule has 3 aromatic rings. The summed E-state index contributed by atoms with van der Waals surface area (Å²) in [5.41, 5.74) is 4.63. The summed E-state index contributed by atoms with van der Waals surface area (Å²) in [5.74, 6) is -0.162. The number of hydrogen-bond acceptors (Lipinski definition) is 3. The molecule has 2 aliphatic heterocycles. The van der Waals surface area contributed by atoms with Crippen LogP contribution in [0, 0.1) is 6.92 Å². The minimum atomic E-state index is -1.12. The van der Waals surface area contributed by atoms with Crippen LogP contribution in [-0.4, -0.2) is 66.0 Å². The lowest BCUT2D eigenvalue weighted by Crippen LogP contribution is -2.63. The Hall–Kier alpha value is -3.51. The lowest BCUT2D eigenvalue weighted by atomic mass is 10.0. The summed E-state index contributed by atoms with van der Waals surface area (Å²) in [4.78, 5) is 28.8. The molecule has 0 saturated carbocycles. The first kappa shape index (κ1) is 22.3. The van der Waals surface area contributed by atoms with Crippen LogP contribution in [0.5, 0.6) is 0 Å². The Labute approximate surface area is 199 Å². The monoisotopic (exact) mass is 457 g/mol. The lowest BCUT2D eigenvalue weighted by Gasteiger charge is -2.41. The van der Waals surface area contributed by atoms with E-state index in [4.69, 9.17) is 0 Å². The van der Waals surface area contributed by atoms with Crippen molar-refractivity contribution in [2.24, 2.45) is 0 Å². The molecule has 174 valence electrons. The lowest BCUT2D eigenvalue weighted by molar-refractivity contribution is 0.0542. The third kappa shape index (κ3) is 4.59. The molecule has 5 rings (SSSR count). The van der Waals surface area contributed by atoms with Gasteiger partial charge in [-0.25, -0.2) is 4.39 Å². The molecule has 2 saturated heterocycles. The summed E-state index contributed by atoms with van der Waals surface area (Å²) in [6.45, 7) is 3.56. The second-order valence-corrected chi connectivity index (χ2v) is 9.22. The van der Waals surface area contributed by atoms with Gasteiger partial charge in [-0.15, -0.1) is 0 Å². The van der Waals surface area contributed by atoms with E-state index < -0.39 is 12.2 Å². The fourth-order valence-corrected chi connectivity index (χ4v) is 4.72. The Morgan fingerprint density at radius 2 is 1.41 bits per heavy atom. The van der Waals surface area contributed by atoms with E-state index in [2.05, 4.69) is 30.4 Å². The highest BCUT2D eigenvalue weighted by molar-refractivity contribution is 5.95. The van der Waals surface area contributed by atoms with Crippen molar-refractivity contribution in [1.29, 1.82) is 0 Å². The highest BCUT2D eigenvalue weighted by Crippen LogP contribution is 2.23. The number of benzene rings is 3. The summed E-state index contributed by atoms with van der Waals surface area (Å²) in [6, 6.07) is 24.5. The molecule has 34 heavy (non-hydrogen) atoms. The van der Waals surface area contributed by atoms with E-state index in [1.165, 1.54) is 5.56 Å². The molecule has 1 N–H and O–H groups in total. The van der Waals surface area contributed by atoms with Crippen LogP contribution in [0.2, 0.25) is 0 Å². The molecule has 2 amide bonds. The second-order valence-electron chi connectivity index (χ2n) is 9.22. The molecular formula is C28H28FN3O2. The maximum atomic E-state index is 14.6. The molecule has 2 atom stereocenters. The minimum Gasteiger partial charge on any atom is -0.335 e. The van der Waals surface area contributed by atoms with Crippen LogP contribution in [-0.2, 0) is 0 Å². The van der Waals surface area contributed by atoms with Crippen LogP contribution in [0.1, 0.15) is 26.3 Å². The van der Waals surface area contributed by atoms with Gasteiger partial charge in [0.15, 0.2) is 0 Å². The van der Waals surface area contributed by atoms with Crippen molar-refractivity contribution in [3.8, 4) is 11.1 Å². The first-order chi connectivity index (χ1) is 16.5. The number of likely N-dealkylation sites (tertiary alicyclic amines) is 2. The highest BCUT2D eigenvalue weighted by atomic mass is 19.1. The maximum absolute atomic E-state index is 14.6. The van der Waals surface area contributed by atoms with Crippen LogP contribution >= 0.6 is 0 Å². The summed E-state index contributed by atoms with van der Waals surface area (Å²) in [6.07, 6.45) is -1.12. The topological polar surface area (TPSA) is 52.7 Å². The molecule has 2 aliphatic rings. The molecule has 2 fully saturated rings. The predicted octanol–water partition coefficient (Wildman–Crippen LogP) is 3.94. The molecule has 0 spiro atoms. The van der Waals surface area contributed by atoms with E-state index in [1.54, 1.807) is 21.9 Å². The smallest absolute Gasteiger partial charge is 0.254 e. The Bertz CT molecular complexity index is 1180. The summed E-state index contributed by atoms with van der Waals surface area (Å²) in [7, 11) is 0. The third-order valence-corrected chi connectivity index (χ3v) is 6.66. The van der Waals surface area contributed by atoms with Gasteiger partial charge in [0, 0.05) is 36.8 Å². The standard InChI is InChI=1S/C28H28FN3O2/c1-19-6-5-9-23(14-19)20-10-12-22(13-11-20)28(34)31-15-24(16-31)30-26-18-32(17-25(26)29)27(33)21-7-3-2-4-8-21/h2-14,24-26,30H,15-18H2,1H3. The van der Waals surface area contributed by atoms with Gasteiger partial charge >= 0.3 is 0 Å². The van der Waals surface area contributed by atoms with Crippen molar-refractivity contribution in [1.82, 2.24) is 15.1 Å². The fraction of sp³-hybridized carbons (Fsp3) is 0.286. The van der Waals surface area contributed by atoms with Crippen molar-refractivity contribution in [2.75, 3.05) is 26.2 Å². The molecule has 0 aromatic heterocycles. The van der Waals surface area contributed by atoms with Crippen LogP contribution in [0.25, 0.3) is 11.1 Å². The van der Waals surface area contributed by atoms with Crippen LogP contribution in [0.15, 0.2) is 78.9 Å². The van der Waals surface area contributed by atoms with Crippen molar-refractivity contribution < 1.29 is 14.0 Å². The molecular weight excluding hydrogens is 429 g/mol. The van der Waals surface area contributed by atoms with Gasteiger partial charge in [-0.1, -0.05) is 60.2 Å². The fourth-order valence-electron chi connectivity index (χ4n) is 4.72. The van der Waals surface area contributed by atoms with Crippen molar-refractivity contribution >= 4 is 11.8 Å². The van der Waals surface area contributed by atoms with Gasteiger partial charge in [0.1, 0.15) is 6.17 Å². The third-order valence-electron chi connectivity index (χ3n) is 6.66. The quantitative estimate of drug-likeness (QED) is 0.632. The number of carbonyl (C=O) groups is 2. The number of aryl methyl sites for hydroxylation is 1. The molecule has 0 radical (unpaired) electrons. The number of carbonyl (C=O) groups excluding carboxylic acids is 2. The Kier molecular flexibility index (Phi) is 6.16. The normalized spacial score (nSPS) is 20.3. The number of hydrogen-bond donors (Lipinski definition) is 1. The maximum Gasteiger partial charge on any atom is 0.254 e. The van der Waals surface area contributed by atoms with E-state index in [0.29, 0.717) is 30.8 Å². The highest BCUT2D eigenvalue weighted by Gasteiger charge is 2.40. The summed E-state index contributed by atoms with van der Waals surface area (Å²) >= 11 is 0. The van der Waals surface area contributed by atoms with Gasteiger partial charge < -0.3 is 15.1 Å². The zero-order chi connectivity index (χ0) is 23.7. The van der Waals surface area contributed by atoms with E-state index >= 15 is 0 Å². The van der Waals surface area contributed by atoms with E-state index in [0.717, 1.165) is 11.1 Å². The molecule has 0 bridgehead atoms. The molecule has 6 heteroatoms. The van der Waals surface area contributed by atoms with Crippen LogP contribution in [0.4, 0.5) is 4.39 Å². The molecule has 5 nitrogen and oxygen atoms in total. The first-order valence-corrected chi connectivity index (χ1v) is 11.7. The Morgan fingerprint density at radius 1 is 0.765 bits per heavy atom. The summed E-state index contributed by atoms with van der Waals surface area (Å²) < 4.78 is 14.6. The summed E-state index contributed by atoms with van der Waals surface area (Å²) in [5, 5.41) is 3.31.